The minimum absolute atomic E-state index is 0.0114. The van der Waals surface area contributed by atoms with Gasteiger partial charge in [-0.25, -0.2) is 9.59 Å². The number of esters is 1. The number of hydrogen-bond acceptors (Lipinski definition) is 5. The molecule has 0 fully saturated rings. The predicted molar refractivity (Wildman–Crippen MR) is 166 cm³/mol. The zero-order valence-electron chi connectivity index (χ0n) is 23.9. The first-order valence-electron chi connectivity index (χ1n) is 14.3. The van der Waals surface area contributed by atoms with E-state index in [1.807, 2.05) is 39.8 Å². The van der Waals surface area contributed by atoms with Crippen LogP contribution < -0.4 is 0 Å². The number of carboxylic acid groups (broad SMARTS) is 1. The molecule has 4 rings (SSSR count). The van der Waals surface area contributed by atoms with Crippen molar-refractivity contribution in [2.75, 3.05) is 0 Å². The summed E-state index contributed by atoms with van der Waals surface area (Å²) in [6.07, 6.45) is 5.63. The van der Waals surface area contributed by atoms with E-state index in [-0.39, 0.29) is 22.6 Å². The molecule has 0 amide bonds. The van der Waals surface area contributed by atoms with Crippen molar-refractivity contribution in [3.63, 3.8) is 0 Å². The second-order valence-corrected chi connectivity index (χ2v) is 12.2. The summed E-state index contributed by atoms with van der Waals surface area (Å²) in [5.74, 6) is -1.31. The van der Waals surface area contributed by atoms with Crippen LogP contribution in [0.25, 0.3) is 0 Å². The number of carbonyl (C=O) groups excluding carboxylic acids is 1. The predicted octanol–water partition coefficient (Wildman–Crippen LogP) is 8.59. The maximum absolute atomic E-state index is 13.7. The summed E-state index contributed by atoms with van der Waals surface area (Å²) in [4.78, 5) is 25.5. The molecule has 0 saturated carbocycles. The van der Waals surface area contributed by atoms with Crippen molar-refractivity contribution in [3.05, 3.63) is 89.3 Å². The van der Waals surface area contributed by atoms with E-state index in [0.717, 1.165) is 47.9 Å². The van der Waals surface area contributed by atoms with Gasteiger partial charge >= 0.3 is 11.9 Å². The number of halogens is 2. The summed E-state index contributed by atoms with van der Waals surface area (Å²) < 4.78 is 7.71. The van der Waals surface area contributed by atoms with Crippen LogP contribution in [0.3, 0.4) is 0 Å². The van der Waals surface area contributed by atoms with E-state index < -0.39 is 17.5 Å². The Bertz CT molecular complexity index is 1440. The maximum atomic E-state index is 13.7. The van der Waals surface area contributed by atoms with Crippen LogP contribution in [-0.2, 0) is 36.0 Å². The number of aromatic hydroxyl groups is 2. The van der Waals surface area contributed by atoms with Crippen molar-refractivity contribution >= 4 is 43.8 Å². The number of cyclic esters (lactones) is 1. The second-order valence-electron chi connectivity index (χ2n) is 10.6. The number of hydrogen-bond donors (Lipinski definition) is 3. The Balaban J connectivity index is 2.22. The van der Waals surface area contributed by atoms with Crippen molar-refractivity contribution in [3.8, 4) is 11.5 Å². The van der Waals surface area contributed by atoms with E-state index in [2.05, 4.69) is 31.9 Å². The molecule has 3 aromatic rings. The van der Waals surface area contributed by atoms with Gasteiger partial charge in [0.25, 0.3) is 0 Å². The number of ether oxygens (including phenoxy) is 1. The third kappa shape index (κ3) is 5.29. The van der Waals surface area contributed by atoms with Gasteiger partial charge in [0.1, 0.15) is 11.5 Å². The summed E-state index contributed by atoms with van der Waals surface area (Å²) in [7, 11) is 0. The Hall–Kier alpha value is -2.84. The van der Waals surface area contributed by atoms with Crippen molar-refractivity contribution in [2.24, 2.45) is 0 Å². The zero-order chi connectivity index (χ0) is 30.1. The highest BCUT2D eigenvalue weighted by atomic mass is 79.9. The van der Waals surface area contributed by atoms with E-state index in [4.69, 9.17) is 4.74 Å². The van der Waals surface area contributed by atoms with Gasteiger partial charge in [0.2, 0.25) is 0 Å². The molecule has 6 nitrogen and oxygen atoms in total. The van der Waals surface area contributed by atoms with Crippen LogP contribution in [0.15, 0.2) is 39.3 Å². The van der Waals surface area contributed by atoms with Crippen molar-refractivity contribution < 1.29 is 29.6 Å². The first-order chi connectivity index (χ1) is 19.6. The van der Waals surface area contributed by atoms with E-state index in [0.29, 0.717) is 51.3 Å². The standard InChI is InChI=1S/C33H36Br2O6/c1-5-9-18-16-25(27(34)21(11-7-3)29(18)36)33(24-14-13-20(31(38)39)15-23(24)32(40)41-33)26-17-19(10-6-2)30(37)22(12-8-4)28(26)35/h13-17,36-37H,5-12H2,1-4H3,(H,38,39). The molecule has 3 aromatic carbocycles. The van der Waals surface area contributed by atoms with Gasteiger partial charge in [0.15, 0.2) is 5.60 Å². The summed E-state index contributed by atoms with van der Waals surface area (Å²) in [5.41, 5.74) is 3.46. The third-order valence-corrected chi connectivity index (χ3v) is 9.54. The summed E-state index contributed by atoms with van der Waals surface area (Å²) >= 11 is 7.60. The Labute approximate surface area is 258 Å². The lowest BCUT2D eigenvalue weighted by Gasteiger charge is -2.34. The molecular formula is C33H36Br2O6. The number of phenols is 2. The third-order valence-electron chi connectivity index (χ3n) is 7.73. The normalized spacial score (nSPS) is 13.8. The molecule has 218 valence electrons. The van der Waals surface area contributed by atoms with E-state index >= 15 is 0 Å². The average Bonchev–Trinajstić information content (AvgIpc) is 3.24. The molecule has 1 heterocycles. The average molecular weight is 688 g/mol. The van der Waals surface area contributed by atoms with Gasteiger partial charge in [-0.05, 0) is 92.9 Å². The first kappa shape index (κ1) is 31.1. The summed E-state index contributed by atoms with van der Waals surface area (Å²) in [6.45, 7) is 8.16. The van der Waals surface area contributed by atoms with Gasteiger partial charge in [-0.3, -0.25) is 0 Å². The van der Waals surface area contributed by atoms with Crippen molar-refractivity contribution in [1.82, 2.24) is 0 Å². The highest BCUT2D eigenvalue weighted by molar-refractivity contribution is 9.11. The fourth-order valence-corrected chi connectivity index (χ4v) is 7.43. The lowest BCUT2D eigenvalue weighted by atomic mass is 9.76. The Morgan fingerprint density at radius 3 is 1.63 bits per heavy atom. The van der Waals surface area contributed by atoms with Crippen molar-refractivity contribution in [1.29, 1.82) is 0 Å². The Morgan fingerprint density at radius 2 is 1.22 bits per heavy atom. The number of rotatable bonds is 11. The number of aryl methyl sites for hydroxylation is 2. The number of carboxylic acids is 1. The maximum Gasteiger partial charge on any atom is 0.340 e. The van der Waals surface area contributed by atoms with Crippen LogP contribution in [0.2, 0.25) is 0 Å². The van der Waals surface area contributed by atoms with Crippen molar-refractivity contribution in [2.45, 2.75) is 84.7 Å². The Morgan fingerprint density at radius 1 is 0.756 bits per heavy atom. The van der Waals surface area contributed by atoms with Crippen LogP contribution in [0.5, 0.6) is 11.5 Å². The number of fused-ring (bicyclic) bond motifs is 1. The molecule has 0 aliphatic carbocycles. The molecule has 0 unspecified atom stereocenters. The molecule has 41 heavy (non-hydrogen) atoms. The first-order valence-corrected chi connectivity index (χ1v) is 15.8. The van der Waals surface area contributed by atoms with E-state index in [1.165, 1.54) is 12.1 Å². The second kappa shape index (κ2) is 12.6. The highest BCUT2D eigenvalue weighted by Gasteiger charge is 2.52. The number of benzene rings is 3. The lowest BCUT2D eigenvalue weighted by molar-refractivity contribution is 0.0246. The van der Waals surface area contributed by atoms with Crippen LogP contribution in [0, 0.1) is 0 Å². The minimum atomic E-state index is -1.47. The quantitative estimate of drug-likeness (QED) is 0.175. The Kier molecular flexibility index (Phi) is 9.54. The smallest absolute Gasteiger partial charge is 0.340 e. The molecule has 0 bridgehead atoms. The fourth-order valence-electron chi connectivity index (χ4n) is 5.87. The number of aromatic carboxylic acids is 1. The van der Waals surface area contributed by atoms with Crippen LogP contribution in [-0.4, -0.2) is 27.3 Å². The molecule has 0 aromatic heterocycles. The van der Waals surface area contributed by atoms with E-state index in [9.17, 15) is 24.9 Å². The fraction of sp³-hybridized carbons (Fsp3) is 0.394. The molecule has 8 heteroatoms. The molecule has 0 radical (unpaired) electrons. The largest absolute Gasteiger partial charge is 0.507 e. The molecular weight excluding hydrogens is 652 g/mol. The van der Waals surface area contributed by atoms with Gasteiger partial charge < -0.3 is 20.1 Å². The SMILES string of the molecule is CCCc1cc(C2(c3cc(CCC)c(O)c(CCC)c3Br)OC(=O)c3cc(C(=O)O)ccc32)c(Br)c(CCC)c1O. The molecule has 0 saturated heterocycles. The number of phenolic OH excluding ortho intramolecular Hbond substituents is 2. The van der Waals surface area contributed by atoms with Crippen LogP contribution >= 0.6 is 31.9 Å². The van der Waals surface area contributed by atoms with Gasteiger partial charge in [-0.2, -0.15) is 0 Å². The topological polar surface area (TPSA) is 104 Å². The van der Waals surface area contributed by atoms with Crippen LogP contribution in [0.4, 0.5) is 0 Å². The molecule has 1 aliphatic rings. The number of carbonyl (C=O) groups is 2. The zero-order valence-corrected chi connectivity index (χ0v) is 27.0. The lowest BCUT2D eigenvalue weighted by Crippen LogP contribution is -2.32. The van der Waals surface area contributed by atoms with Gasteiger partial charge in [-0.15, -0.1) is 0 Å². The molecule has 3 N–H and O–H groups in total. The van der Waals surface area contributed by atoms with Gasteiger partial charge in [0, 0.05) is 36.8 Å². The minimum Gasteiger partial charge on any atom is -0.507 e. The van der Waals surface area contributed by atoms with Crippen LogP contribution in [0.1, 0.15) is 113 Å². The monoisotopic (exact) mass is 686 g/mol. The summed E-state index contributed by atoms with van der Waals surface area (Å²) in [6, 6.07) is 8.30. The van der Waals surface area contributed by atoms with Gasteiger partial charge in [-0.1, -0.05) is 59.4 Å². The molecule has 1 aliphatic heterocycles. The van der Waals surface area contributed by atoms with Gasteiger partial charge in [0.05, 0.1) is 11.1 Å². The molecule has 0 spiro atoms. The van der Waals surface area contributed by atoms with E-state index in [1.54, 1.807) is 6.07 Å². The summed E-state index contributed by atoms with van der Waals surface area (Å²) in [5, 5.41) is 32.2. The molecule has 0 atom stereocenters. The highest BCUT2D eigenvalue weighted by Crippen LogP contribution is 2.55.